The molecule has 0 fully saturated rings. The fourth-order valence-corrected chi connectivity index (χ4v) is 2.37. The molecular formula is C10H14F4N2OS. The predicted molar refractivity (Wildman–Crippen MR) is 60.1 cm³/mol. The van der Waals surface area contributed by atoms with E-state index in [1.807, 2.05) is 0 Å². The number of thiazole rings is 1. The van der Waals surface area contributed by atoms with Gasteiger partial charge in [-0.05, 0) is 19.4 Å². The molecule has 1 rings (SSSR count). The van der Waals surface area contributed by atoms with Crippen LogP contribution in [0.5, 0.6) is 0 Å². The lowest BCUT2D eigenvalue weighted by Gasteiger charge is -2.22. The third-order valence-corrected chi connectivity index (χ3v) is 3.56. The molecule has 0 aromatic carbocycles. The second-order valence-corrected chi connectivity index (χ2v) is 4.85. The van der Waals surface area contributed by atoms with Gasteiger partial charge >= 0.3 is 6.18 Å². The molecule has 1 aromatic heterocycles. The van der Waals surface area contributed by atoms with Crippen molar-refractivity contribution in [3.8, 4) is 0 Å². The van der Waals surface area contributed by atoms with Crippen molar-refractivity contribution in [3.63, 3.8) is 0 Å². The highest BCUT2D eigenvalue weighted by Crippen LogP contribution is 2.39. The van der Waals surface area contributed by atoms with Gasteiger partial charge in [0.2, 0.25) is 0 Å². The monoisotopic (exact) mass is 286 g/mol. The molecule has 0 spiro atoms. The van der Waals surface area contributed by atoms with Crippen molar-refractivity contribution in [1.82, 2.24) is 4.98 Å². The summed E-state index contributed by atoms with van der Waals surface area (Å²) in [7, 11) is 1.29. The van der Waals surface area contributed by atoms with Crippen LogP contribution in [-0.4, -0.2) is 25.2 Å². The van der Waals surface area contributed by atoms with Gasteiger partial charge in [-0.15, -0.1) is 11.3 Å². The van der Waals surface area contributed by atoms with Crippen LogP contribution < -0.4 is 5.73 Å². The highest BCUT2D eigenvalue weighted by Gasteiger charge is 2.39. The summed E-state index contributed by atoms with van der Waals surface area (Å²) in [5, 5.41) is -1.05. The van der Waals surface area contributed by atoms with Gasteiger partial charge < -0.3 is 10.5 Å². The zero-order valence-electron chi connectivity index (χ0n) is 9.76. The molecule has 104 valence electrons. The SMILES string of the molecule is COCC(F)(CCCN)c1cnc(C(F)(F)F)s1. The summed E-state index contributed by atoms with van der Waals surface area (Å²) in [4.78, 5) is 3.13. The Balaban J connectivity index is 2.95. The number of ether oxygens (including phenoxy) is 1. The number of alkyl halides is 4. The normalized spacial score (nSPS) is 15.7. The fraction of sp³-hybridized carbons (Fsp3) is 0.700. The molecule has 1 heterocycles. The molecule has 3 nitrogen and oxygen atoms in total. The molecule has 18 heavy (non-hydrogen) atoms. The van der Waals surface area contributed by atoms with E-state index in [1.54, 1.807) is 0 Å². The first-order chi connectivity index (χ1) is 8.33. The largest absolute Gasteiger partial charge is 0.443 e. The second-order valence-electron chi connectivity index (χ2n) is 3.82. The molecule has 8 heteroatoms. The number of methoxy groups -OCH3 is 1. The van der Waals surface area contributed by atoms with Gasteiger partial charge in [0, 0.05) is 13.3 Å². The van der Waals surface area contributed by atoms with E-state index in [1.165, 1.54) is 7.11 Å². The van der Waals surface area contributed by atoms with Gasteiger partial charge in [0.15, 0.2) is 10.7 Å². The van der Waals surface area contributed by atoms with Gasteiger partial charge in [-0.3, -0.25) is 0 Å². The smallest absolute Gasteiger partial charge is 0.381 e. The number of nitrogens with two attached hydrogens (primary N) is 1. The lowest BCUT2D eigenvalue weighted by Crippen LogP contribution is -2.26. The van der Waals surface area contributed by atoms with E-state index in [4.69, 9.17) is 10.5 Å². The van der Waals surface area contributed by atoms with Crippen LogP contribution >= 0.6 is 11.3 Å². The number of rotatable bonds is 6. The highest BCUT2D eigenvalue weighted by atomic mass is 32.1. The van der Waals surface area contributed by atoms with Crippen molar-refractivity contribution in [2.75, 3.05) is 20.3 Å². The van der Waals surface area contributed by atoms with Crippen molar-refractivity contribution in [2.24, 2.45) is 5.73 Å². The van der Waals surface area contributed by atoms with Crippen molar-refractivity contribution < 1.29 is 22.3 Å². The molecule has 0 amide bonds. The number of halogens is 4. The van der Waals surface area contributed by atoms with E-state index in [9.17, 15) is 17.6 Å². The molecule has 1 unspecified atom stereocenters. The van der Waals surface area contributed by atoms with Crippen LogP contribution in [0.15, 0.2) is 6.20 Å². The Hall–Kier alpha value is -0.730. The molecule has 0 saturated carbocycles. The van der Waals surface area contributed by atoms with Gasteiger partial charge in [0.25, 0.3) is 0 Å². The predicted octanol–water partition coefficient (Wildman–Crippen LogP) is 2.71. The number of hydrogen-bond acceptors (Lipinski definition) is 4. The van der Waals surface area contributed by atoms with Crippen molar-refractivity contribution in [3.05, 3.63) is 16.1 Å². The minimum absolute atomic E-state index is 0.0107. The lowest BCUT2D eigenvalue weighted by molar-refractivity contribution is -0.137. The second kappa shape index (κ2) is 5.94. The Morgan fingerprint density at radius 2 is 2.06 bits per heavy atom. The summed E-state index contributed by atoms with van der Waals surface area (Å²) in [6.07, 6.45) is -3.26. The number of nitrogens with zero attached hydrogens (tertiary/aromatic N) is 1. The van der Waals surface area contributed by atoms with Gasteiger partial charge in [-0.25, -0.2) is 9.37 Å². The number of hydrogen-bond donors (Lipinski definition) is 1. The summed E-state index contributed by atoms with van der Waals surface area (Å²) in [5.74, 6) is 0. The third kappa shape index (κ3) is 3.63. The molecule has 0 aliphatic heterocycles. The Morgan fingerprint density at radius 3 is 2.50 bits per heavy atom. The Morgan fingerprint density at radius 1 is 1.39 bits per heavy atom. The molecule has 2 N–H and O–H groups in total. The summed E-state index contributed by atoms with van der Waals surface area (Å²) in [6.45, 7) is -0.0488. The van der Waals surface area contributed by atoms with Gasteiger partial charge in [-0.2, -0.15) is 13.2 Å². The van der Waals surface area contributed by atoms with E-state index in [0.29, 0.717) is 17.8 Å². The van der Waals surface area contributed by atoms with E-state index in [-0.39, 0.29) is 24.4 Å². The fourth-order valence-electron chi connectivity index (χ4n) is 1.49. The minimum Gasteiger partial charge on any atom is -0.381 e. The lowest BCUT2D eigenvalue weighted by atomic mass is 9.99. The first-order valence-corrected chi connectivity index (χ1v) is 6.06. The van der Waals surface area contributed by atoms with Crippen LogP contribution in [0.25, 0.3) is 0 Å². The molecular weight excluding hydrogens is 272 g/mol. The van der Waals surface area contributed by atoms with E-state index < -0.39 is 16.9 Å². The summed E-state index contributed by atoms with van der Waals surface area (Å²) in [5.41, 5.74) is 3.32. The third-order valence-electron chi connectivity index (χ3n) is 2.34. The van der Waals surface area contributed by atoms with Crippen LogP contribution in [0.3, 0.4) is 0 Å². The van der Waals surface area contributed by atoms with Gasteiger partial charge in [0.05, 0.1) is 11.5 Å². The highest BCUT2D eigenvalue weighted by molar-refractivity contribution is 7.11. The average Bonchev–Trinajstić information content (AvgIpc) is 2.76. The minimum atomic E-state index is -4.55. The molecule has 0 bridgehead atoms. The summed E-state index contributed by atoms with van der Waals surface area (Å²) >= 11 is 0.305. The van der Waals surface area contributed by atoms with Crippen molar-refractivity contribution >= 4 is 11.3 Å². The zero-order chi connectivity index (χ0) is 13.8. The first kappa shape index (κ1) is 15.3. The molecule has 1 atom stereocenters. The van der Waals surface area contributed by atoms with Gasteiger partial charge in [0.1, 0.15) is 0 Å². The first-order valence-electron chi connectivity index (χ1n) is 5.25. The number of aromatic nitrogens is 1. The van der Waals surface area contributed by atoms with Crippen LogP contribution in [-0.2, 0) is 16.6 Å². The maximum absolute atomic E-state index is 14.5. The molecule has 0 aliphatic rings. The molecule has 0 aliphatic carbocycles. The van der Waals surface area contributed by atoms with Crippen molar-refractivity contribution in [1.29, 1.82) is 0 Å². The van der Waals surface area contributed by atoms with Crippen LogP contribution in [0.4, 0.5) is 17.6 Å². The van der Waals surface area contributed by atoms with Crippen LogP contribution in [0.1, 0.15) is 22.7 Å². The zero-order valence-corrected chi connectivity index (χ0v) is 10.6. The van der Waals surface area contributed by atoms with Gasteiger partial charge in [-0.1, -0.05) is 0 Å². The Kier molecular flexibility index (Phi) is 5.06. The standard InChI is InChI=1S/C10H14F4N2OS/c1-17-6-9(11,3-2-4-15)7-5-16-8(18-7)10(12,13)14/h5H,2-4,6,15H2,1H3. The van der Waals surface area contributed by atoms with Crippen LogP contribution in [0, 0.1) is 0 Å². The summed E-state index contributed by atoms with van der Waals surface area (Å²) in [6, 6.07) is 0. The van der Waals surface area contributed by atoms with E-state index in [2.05, 4.69) is 4.98 Å². The molecule has 0 saturated heterocycles. The van der Waals surface area contributed by atoms with E-state index >= 15 is 0 Å². The Bertz CT molecular complexity index is 382. The molecule has 1 aromatic rings. The van der Waals surface area contributed by atoms with Crippen molar-refractivity contribution in [2.45, 2.75) is 24.7 Å². The quantitative estimate of drug-likeness (QED) is 0.818. The molecule has 0 radical (unpaired) electrons. The topological polar surface area (TPSA) is 48.1 Å². The summed E-state index contributed by atoms with van der Waals surface area (Å²) < 4.78 is 56.5. The Labute approximate surface area is 106 Å². The van der Waals surface area contributed by atoms with Crippen LogP contribution in [0.2, 0.25) is 0 Å². The maximum atomic E-state index is 14.5. The van der Waals surface area contributed by atoms with E-state index in [0.717, 1.165) is 6.20 Å². The maximum Gasteiger partial charge on any atom is 0.443 e. The average molecular weight is 286 g/mol.